The van der Waals surface area contributed by atoms with Gasteiger partial charge in [0, 0.05) is 20.0 Å². The van der Waals surface area contributed by atoms with Crippen molar-refractivity contribution in [3.8, 4) is 11.5 Å². The molecule has 0 unspecified atom stereocenters. The van der Waals surface area contributed by atoms with Gasteiger partial charge in [0.2, 0.25) is 0 Å². The number of hydrogen-bond donors (Lipinski definition) is 1. The van der Waals surface area contributed by atoms with Crippen molar-refractivity contribution in [3.05, 3.63) is 65.6 Å². The molecule has 6 nitrogen and oxygen atoms in total. The molecule has 1 saturated heterocycles. The molecule has 0 spiro atoms. The van der Waals surface area contributed by atoms with E-state index in [1.807, 2.05) is 0 Å². The maximum Gasteiger partial charge on any atom is 0.418 e. The van der Waals surface area contributed by atoms with Crippen LogP contribution in [0.5, 0.6) is 11.5 Å². The minimum atomic E-state index is -4.78. The van der Waals surface area contributed by atoms with Crippen molar-refractivity contribution >= 4 is 17.6 Å². The summed E-state index contributed by atoms with van der Waals surface area (Å²) in [4.78, 5) is 23.8. The number of alkyl halides is 3. The topological polar surface area (TPSA) is 73.9 Å². The van der Waals surface area contributed by atoms with Gasteiger partial charge in [-0.1, -0.05) is 0 Å². The van der Waals surface area contributed by atoms with Crippen LogP contribution < -0.4 is 10.1 Å². The fourth-order valence-electron chi connectivity index (χ4n) is 2.51. The lowest BCUT2D eigenvalue weighted by atomic mass is 10.1. The largest absolute Gasteiger partial charge is 0.457 e. The fraction of sp³-hybridized carbons (Fsp3) is 0.200. The highest BCUT2D eigenvalue weighted by atomic mass is 19.4. The molecule has 0 atom stereocenters. The quantitative estimate of drug-likeness (QED) is 0.329. The third kappa shape index (κ3) is 4.88. The first-order valence-electron chi connectivity index (χ1n) is 8.53. The Morgan fingerprint density at radius 2 is 1.53 bits per heavy atom. The molecule has 3 rings (SSSR count). The van der Waals surface area contributed by atoms with Crippen LogP contribution in [-0.2, 0) is 25.2 Å². The molecule has 30 heavy (non-hydrogen) atoms. The first kappa shape index (κ1) is 21.2. The lowest BCUT2D eigenvalue weighted by molar-refractivity contribution is -0.222. The number of hydrogen-bond acceptors (Lipinski definition) is 6. The molecular formula is C20H15F4NO5. The number of benzene rings is 2. The molecule has 0 radical (unpaired) electrons. The number of esters is 2. The molecule has 0 saturated carbocycles. The Kier molecular flexibility index (Phi) is 5.43. The molecule has 0 bridgehead atoms. The number of ether oxygens (including phenoxy) is 3. The number of cyclic esters (lactones) is 2. The SMILES string of the molecule is CC1(C)OC(=O)C(=CNc2ccc(Oc3ccc(F)cc3)cc2C(F)(F)F)C(=O)O1. The summed E-state index contributed by atoms with van der Waals surface area (Å²) in [7, 11) is 0. The molecule has 1 aliphatic heterocycles. The highest BCUT2D eigenvalue weighted by Crippen LogP contribution is 2.38. The Bertz CT molecular complexity index is 991. The zero-order valence-corrected chi connectivity index (χ0v) is 15.7. The summed E-state index contributed by atoms with van der Waals surface area (Å²) in [6.07, 6.45) is -4.00. The lowest BCUT2D eigenvalue weighted by Gasteiger charge is -2.29. The Morgan fingerprint density at radius 1 is 0.967 bits per heavy atom. The summed E-state index contributed by atoms with van der Waals surface area (Å²) < 4.78 is 68.5. The summed E-state index contributed by atoms with van der Waals surface area (Å²) in [5.74, 6) is -4.06. The van der Waals surface area contributed by atoms with Gasteiger partial charge in [0.25, 0.3) is 5.79 Å². The average Bonchev–Trinajstić information content (AvgIpc) is 2.62. The molecule has 2 aromatic carbocycles. The fourth-order valence-corrected chi connectivity index (χ4v) is 2.51. The number of rotatable bonds is 4. The summed E-state index contributed by atoms with van der Waals surface area (Å²) in [6.45, 7) is 2.68. The smallest absolute Gasteiger partial charge is 0.418 e. The van der Waals surface area contributed by atoms with E-state index in [0.29, 0.717) is 0 Å². The van der Waals surface area contributed by atoms with Crippen LogP contribution in [0.3, 0.4) is 0 Å². The molecular weight excluding hydrogens is 410 g/mol. The Morgan fingerprint density at radius 3 is 2.10 bits per heavy atom. The van der Waals surface area contributed by atoms with Gasteiger partial charge in [0.05, 0.1) is 11.3 Å². The zero-order valence-electron chi connectivity index (χ0n) is 15.7. The second-order valence-electron chi connectivity index (χ2n) is 6.64. The molecule has 158 valence electrons. The first-order valence-corrected chi connectivity index (χ1v) is 8.53. The first-order chi connectivity index (χ1) is 13.9. The average molecular weight is 425 g/mol. The Labute approximate surface area is 168 Å². The van der Waals surface area contributed by atoms with Crippen molar-refractivity contribution in [2.24, 2.45) is 0 Å². The van der Waals surface area contributed by atoms with Gasteiger partial charge < -0.3 is 19.5 Å². The molecule has 2 aromatic rings. The minimum absolute atomic E-state index is 0.141. The Balaban J connectivity index is 1.87. The molecule has 0 aliphatic carbocycles. The van der Waals surface area contributed by atoms with Crippen LogP contribution in [0.4, 0.5) is 23.2 Å². The number of anilines is 1. The van der Waals surface area contributed by atoms with Crippen molar-refractivity contribution in [1.82, 2.24) is 0 Å². The van der Waals surface area contributed by atoms with Gasteiger partial charge in [-0.25, -0.2) is 14.0 Å². The van der Waals surface area contributed by atoms with E-state index in [1.54, 1.807) is 0 Å². The summed E-state index contributed by atoms with van der Waals surface area (Å²) >= 11 is 0. The normalized spacial score (nSPS) is 15.9. The van der Waals surface area contributed by atoms with E-state index in [9.17, 15) is 27.2 Å². The van der Waals surface area contributed by atoms with E-state index in [2.05, 4.69) is 5.32 Å². The molecule has 1 aliphatic rings. The molecule has 0 aromatic heterocycles. The predicted octanol–water partition coefficient (Wildman–Crippen LogP) is 4.77. The zero-order chi connectivity index (χ0) is 22.1. The van der Waals surface area contributed by atoms with Gasteiger partial charge in [0.1, 0.15) is 17.3 Å². The van der Waals surface area contributed by atoms with Gasteiger partial charge in [-0.05, 0) is 42.5 Å². The summed E-state index contributed by atoms with van der Waals surface area (Å²) in [6, 6.07) is 7.76. The van der Waals surface area contributed by atoms with Gasteiger partial charge in [-0.3, -0.25) is 0 Å². The van der Waals surface area contributed by atoms with Gasteiger partial charge in [-0.15, -0.1) is 0 Å². The van der Waals surface area contributed by atoms with Crippen molar-refractivity contribution < 1.29 is 41.4 Å². The second kappa shape index (κ2) is 7.69. The van der Waals surface area contributed by atoms with Crippen molar-refractivity contribution in [2.75, 3.05) is 5.32 Å². The third-order valence-corrected chi connectivity index (χ3v) is 3.83. The molecule has 1 fully saturated rings. The summed E-state index contributed by atoms with van der Waals surface area (Å²) in [5.41, 5.74) is -2.14. The molecule has 1 N–H and O–H groups in total. The van der Waals surface area contributed by atoms with Crippen molar-refractivity contribution in [2.45, 2.75) is 25.8 Å². The van der Waals surface area contributed by atoms with Crippen LogP contribution in [-0.4, -0.2) is 17.7 Å². The molecule has 0 amide bonds. The van der Waals surface area contributed by atoms with Gasteiger partial charge in [-0.2, -0.15) is 13.2 Å². The predicted molar refractivity (Wildman–Crippen MR) is 95.9 cm³/mol. The van der Waals surface area contributed by atoms with E-state index in [-0.39, 0.29) is 11.5 Å². The van der Waals surface area contributed by atoms with E-state index in [1.165, 1.54) is 32.0 Å². The van der Waals surface area contributed by atoms with Crippen molar-refractivity contribution in [3.63, 3.8) is 0 Å². The van der Waals surface area contributed by atoms with Crippen LogP contribution >= 0.6 is 0 Å². The maximum absolute atomic E-state index is 13.5. The van der Waals surface area contributed by atoms with Gasteiger partial charge in [0.15, 0.2) is 5.57 Å². The highest BCUT2D eigenvalue weighted by molar-refractivity contribution is 6.15. The van der Waals surface area contributed by atoms with Crippen LogP contribution in [0, 0.1) is 5.82 Å². The third-order valence-electron chi connectivity index (χ3n) is 3.83. The monoisotopic (exact) mass is 425 g/mol. The van der Waals surface area contributed by atoms with Crippen LogP contribution in [0.15, 0.2) is 54.2 Å². The van der Waals surface area contributed by atoms with Crippen LogP contribution in [0.1, 0.15) is 19.4 Å². The number of carbonyl (C=O) groups is 2. The number of nitrogens with one attached hydrogen (secondary N) is 1. The van der Waals surface area contributed by atoms with E-state index in [4.69, 9.17) is 14.2 Å². The van der Waals surface area contributed by atoms with Gasteiger partial charge >= 0.3 is 18.1 Å². The highest BCUT2D eigenvalue weighted by Gasteiger charge is 2.39. The van der Waals surface area contributed by atoms with E-state index < -0.39 is 46.5 Å². The minimum Gasteiger partial charge on any atom is -0.457 e. The second-order valence-corrected chi connectivity index (χ2v) is 6.64. The maximum atomic E-state index is 13.5. The summed E-state index contributed by atoms with van der Waals surface area (Å²) in [5, 5.41) is 2.29. The van der Waals surface area contributed by atoms with E-state index >= 15 is 0 Å². The van der Waals surface area contributed by atoms with Crippen molar-refractivity contribution in [1.29, 1.82) is 0 Å². The number of halogens is 4. The lowest BCUT2D eigenvalue weighted by Crippen LogP contribution is -2.42. The standard InChI is InChI=1S/C20H15F4NO5/c1-19(2)29-17(26)14(18(27)30-19)10-25-16-8-7-13(9-15(16)20(22,23)24)28-12-5-3-11(21)4-6-12/h3-10,25H,1-2H3. The molecule has 1 heterocycles. The number of carbonyl (C=O) groups excluding carboxylic acids is 2. The van der Waals surface area contributed by atoms with E-state index in [0.717, 1.165) is 30.5 Å². The van der Waals surface area contributed by atoms with Crippen LogP contribution in [0.25, 0.3) is 0 Å². The Hall–Kier alpha value is -3.56. The molecule has 10 heteroatoms. The van der Waals surface area contributed by atoms with Crippen LogP contribution in [0.2, 0.25) is 0 Å².